The Morgan fingerprint density at radius 1 is 0.973 bits per heavy atom. The predicted octanol–water partition coefficient (Wildman–Crippen LogP) is 5.28. The minimum Gasteiger partial charge on any atom is -0.239 e. The summed E-state index contributed by atoms with van der Waals surface area (Å²) in [5.41, 5.74) is -1.97. The Hall–Kier alpha value is -3.55. The standard InChI is InChI=1S/C23H17F6N5O2S/c1-2-37(35,36)18-9-14(13-3-5-15(6-4-13)21(24)7-8-21)11-30-20(18)34-12-17-16(33-34)10-19(32-31-17)22(25,26)23(27,28)29/h3-6,9-12H,2,7-8H2,1H3. The van der Waals surface area contributed by atoms with Crippen molar-refractivity contribution in [2.45, 2.75) is 42.4 Å². The molecule has 3 aromatic heterocycles. The van der Waals surface area contributed by atoms with Crippen LogP contribution in [-0.2, 0) is 21.4 Å². The molecule has 0 amide bonds. The maximum atomic E-state index is 14.3. The molecule has 0 bridgehead atoms. The Kier molecular flexibility index (Phi) is 5.59. The summed E-state index contributed by atoms with van der Waals surface area (Å²) in [6, 6.07) is 8.32. The van der Waals surface area contributed by atoms with Gasteiger partial charge in [-0.05, 0) is 36.1 Å². The molecule has 1 aliphatic carbocycles. The van der Waals surface area contributed by atoms with Gasteiger partial charge in [-0.1, -0.05) is 31.2 Å². The van der Waals surface area contributed by atoms with Crippen molar-refractivity contribution in [1.82, 2.24) is 25.0 Å². The number of halogens is 6. The third-order valence-corrected chi connectivity index (χ3v) is 7.86. The number of sulfone groups is 1. The van der Waals surface area contributed by atoms with E-state index in [0.29, 0.717) is 35.6 Å². The second-order valence-corrected chi connectivity index (χ2v) is 10.9. The highest BCUT2D eigenvalue weighted by Crippen LogP contribution is 2.49. The molecule has 194 valence electrons. The fraction of sp³-hybridized carbons (Fsp3) is 0.304. The second kappa shape index (κ2) is 8.23. The maximum absolute atomic E-state index is 14.3. The molecule has 0 radical (unpaired) electrons. The Morgan fingerprint density at radius 3 is 2.24 bits per heavy atom. The van der Waals surface area contributed by atoms with Crippen LogP contribution in [0, 0.1) is 0 Å². The number of nitrogens with zero attached hydrogens (tertiary/aromatic N) is 5. The highest BCUT2D eigenvalue weighted by Gasteiger charge is 2.60. The van der Waals surface area contributed by atoms with Crippen LogP contribution < -0.4 is 0 Å². The molecule has 4 aromatic rings. The number of hydrogen-bond donors (Lipinski definition) is 0. The summed E-state index contributed by atoms with van der Waals surface area (Å²) in [5.74, 6) is -5.77. The molecule has 1 saturated carbocycles. The topological polar surface area (TPSA) is 90.6 Å². The minimum absolute atomic E-state index is 0.150. The molecule has 7 nitrogen and oxygen atoms in total. The average molecular weight is 541 g/mol. The summed E-state index contributed by atoms with van der Waals surface area (Å²) in [6.07, 6.45) is -2.53. The van der Waals surface area contributed by atoms with E-state index in [1.54, 1.807) is 24.3 Å². The SMILES string of the molecule is CCS(=O)(=O)c1cc(-c2ccc(C3(F)CC3)cc2)cnc1-n1cc2nnc(C(F)(F)C(F)(F)F)cc2n1. The molecule has 3 heterocycles. The Balaban J connectivity index is 1.58. The molecule has 0 aliphatic heterocycles. The number of benzene rings is 1. The van der Waals surface area contributed by atoms with Gasteiger partial charge < -0.3 is 0 Å². The fourth-order valence-electron chi connectivity index (χ4n) is 3.74. The summed E-state index contributed by atoms with van der Waals surface area (Å²) in [6.45, 7) is 1.41. The molecule has 0 atom stereocenters. The van der Waals surface area contributed by atoms with E-state index in [4.69, 9.17) is 0 Å². The van der Waals surface area contributed by atoms with Crippen LogP contribution in [0.15, 0.2) is 53.7 Å². The van der Waals surface area contributed by atoms with Gasteiger partial charge in [0.1, 0.15) is 27.3 Å². The van der Waals surface area contributed by atoms with Gasteiger partial charge in [-0.2, -0.15) is 27.1 Å². The lowest BCUT2D eigenvalue weighted by atomic mass is 10.0. The fourth-order valence-corrected chi connectivity index (χ4v) is 4.78. The summed E-state index contributed by atoms with van der Waals surface area (Å²) in [5, 5.41) is 10.3. The van der Waals surface area contributed by atoms with Gasteiger partial charge in [-0.15, -0.1) is 10.2 Å². The van der Waals surface area contributed by atoms with E-state index in [1.807, 2.05) is 0 Å². The van der Waals surface area contributed by atoms with Crippen molar-refractivity contribution < 1.29 is 34.8 Å². The van der Waals surface area contributed by atoms with Crippen molar-refractivity contribution in [3.05, 3.63) is 60.0 Å². The first-order valence-corrected chi connectivity index (χ1v) is 12.6. The van der Waals surface area contributed by atoms with E-state index in [-0.39, 0.29) is 27.5 Å². The second-order valence-electron chi connectivity index (χ2n) is 8.64. The quantitative estimate of drug-likeness (QED) is 0.309. The van der Waals surface area contributed by atoms with E-state index < -0.39 is 33.3 Å². The first kappa shape index (κ1) is 25.1. The Labute approximate surface area is 206 Å². The number of alkyl halides is 6. The van der Waals surface area contributed by atoms with E-state index in [1.165, 1.54) is 19.2 Å². The van der Waals surface area contributed by atoms with Crippen LogP contribution in [0.4, 0.5) is 26.3 Å². The molecule has 1 fully saturated rings. The van der Waals surface area contributed by atoms with Crippen molar-refractivity contribution in [2.75, 3.05) is 5.75 Å². The minimum atomic E-state index is -5.89. The van der Waals surface area contributed by atoms with Crippen molar-refractivity contribution >= 4 is 20.9 Å². The first-order valence-electron chi connectivity index (χ1n) is 11.0. The van der Waals surface area contributed by atoms with Gasteiger partial charge in [-0.3, -0.25) is 0 Å². The number of fused-ring (bicyclic) bond motifs is 1. The van der Waals surface area contributed by atoms with Crippen molar-refractivity contribution in [2.24, 2.45) is 0 Å². The predicted molar refractivity (Wildman–Crippen MR) is 120 cm³/mol. The van der Waals surface area contributed by atoms with Crippen LogP contribution in [0.5, 0.6) is 0 Å². The molecule has 1 aliphatic rings. The molecular weight excluding hydrogens is 524 g/mol. The van der Waals surface area contributed by atoms with Crippen LogP contribution in [-0.4, -0.2) is 45.3 Å². The van der Waals surface area contributed by atoms with Crippen molar-refractivity contribution in [3.63, 3.8) is 0 Å². The lowest BCUT2D eigenvalue weighted by Crippen LogP contribution is -2.34. The third-order valence-electron chi connectivity index (χ3n) is 6.13. The Morgan fingerprint density at radius 2 is 1.65 bits per heavy atom. The van der Waals surface area contributed by atoms with Crippen LogP contribution >= 0.6 is 0 Å². The van der Waals surface area contributed by atoms with Gasteiger partial charge in [0.25, 0.3) is 0 Å². The monoisotopic (exact) mass is 541 g/mol. The number of pyridine rings is 1. The molecular formula is C23H17F6N5O2S. The van der Waals surface area contributed by atoms with Crippen LogP contribution in [0.1, 0.15) is 31.0 Å². The van der Waals surface area contributed by atoms with Crippen molar-refractivity contribution in [1.29, 1.82) is 0 Å². The summed E-state index contributed by atoms with van der Waals surface area (Å²) < 4.78 is 107. The van der Waals surface area contributed by atoms with Crippen molar-refractivity contribution in [3.8, 4) is 16.9 Å². The van der Waals surface area contributed by atoms with E-state index >= 15 is 0 Å². The van der Waals surface area contributed by atoms with Gasteiger partial charge in [-0.25, -0.2) is 22.5 Å². The number of rotatable bonds is 6. The highest BCUT2D eigenvalue weighted by atomic mass is 32.2. The summed E-state index contributed by atoms with van der Waals surface area (Å²) in [4.78, 5) is 3.95. The van der Waals surface area contributed by atoms with Gasteiger partial charge in [0.2, 0.25) is 0 Å². The van der Waals surface area contributed by atoms with Gasteiger partial charge in [0.15, 0.2) is 15.7 Å². The number of hydrogen-bond acceptors (Lipinski definition) is 6. The molecule has 14 heteroatoms. The van der Waals surface area contributed by atoms with E-state index in [9.17, 15) is 34.8 Å². The molecule has 0 N–H and O–H groups in total. The van der Waals surface area contributed by atoms with Gasteiger partial charge in [0.05, 0.1) is 11.9 Å². The highest BCUT2D eigenvalue weighted by molar-refractivity contribution is 7.91. The summed E-state index contributed by atoms with van der Waals surface area (Å²) >= 11 is 0. The van der Waals surface area contributed by atoms with Crippen LogP contribution in [0.25, 0.3) is 28.0 Å². The lowest BCUT2D eigenvalue weighted by Gasteiger charge is -2.17. The van der Waals surface area contributed by atoms with Gasteiger partial charge in [0, 0.05) is 11.8 Å². The smallest absolute Gasteiger partial charge is 0.239 e. The average Bonchev–Trinajstić information content (AvgIpc) is 3.47. The molecule has 1 aromatic carbocycles. The molecule has 0 saturated heterocycles. The third kappa shape index (κ3) is 4.32. The zero-order valence-corrected chi connectivity index (χ0v) is 19.8. The zero-order valence-electron chi connectivity index (χ0n) is 19.0. The van der Waals surface area contributed by atoms with Crippen LogP contribution in [0.3, 0.4) is 0 Å². The normalized spacial score (nSPS) is 15.8. The van der Waals surface area contributed by atoms with E-state index in [2.05, 4.69) is 20.3 Å². The van der Waals surface area contributed by atoms with Crippen LogP contribution in [0.2, 0.25) is 0 Å². The zero-order chi connectivity index (χ0) is 26.8. The number of aromatic nitrogens is 5. The van der Waals surface area contributed by atoms with E-state index in [0.717, 1.165) is 10.9 Å². The maximum Gasteiger partial charge on any atom is 0.459 e. The molecule has 5 rings (SSSR count). The lowest BCUT2D eigenvalue weighted by molar-refractivity contribution is -0.291. The summed E-state index contributed by atoms with van der Waals surface area (Å²) in [7, 11) is -3.91. The van der Waals surface area contributed by atoms with Gasteiger partial charge >= 0.3 is 12.1 Å². The molecule has 0 unspecified atom stereocenters. The largest absolute Gasteiger partial charge is 0.459 e. The first-order chi connectivity index (χ1) is 17.2. The molecule has 0 spiro atoms. The molecule has 37 heavy (non-hydrogen) atoms. The Bertz CT molecular complexity index is 1610.